The van der Waals surface area contributed by atoms with Crippen molar-refractivity contribution in [2.45, 2.75) is 25.8 Å². The van der Waals surface area contributed by atoms with Gasteiger partial charge in [-0.2, -0.15) is 0 Å². The zero-order valence-electron chi connectivity index (χ0n) is 10.9. The minimum Gasteiger partial charge on any atom is -0.312 e. The summed E-state index contributed by atoms with van der Waals surface area (Å²) in [6.07, 6.45) is 5.75. The summed E-state index contributed by atoms with van der Waals surface area (Å²) in [5.74, 6) is 0. The Balaban J connectivity index is 1.99. The number of aryl methyl sites for hydroxylation is 2. The first-order valence-electron chi connectivity index (χ1n) is 6.29. The van der Waals surface area contributed by atoms with Crippen LogP contribution in [-0.4, -0.2) is 17.0 Å². The van der Waals surface area contributed by atoms with Gasteiger partial charge in [-0.3, -0.25) is 9.97 Å². The van der Waals surface area contributed by atoms with Gasteiger partial charge in [0, 0.05) is 6.20 Å². The molecule has 18 heavy (non-hydrogen) atoms. The topological polar surface area (TPSA) is 37.8 Å². The molecule has 1 unspecified atom stereocenters. The van der Waals surface area contributed by atoms with Gasteiger partial charge >= 0.3 is 0 Å². The van der Waals surface area contributed by atoms with Crippen LogP contribution in [-0.2, 0) is 6.42 Å². The highest BCUT2D eigenvalue weighted by molar-refractivity contribution is 5.15. The van der Waals surface area contributed by atoms with Crippen LogP contribution in [0.5, 0.6) is 0 Å². The van der Waals surface area contributed by atoms with Crippen LogP contribution in [0.2, 0.25) is 0 Å². The van der Waals surface area contributed by atoms with Gasteiger partial charge in [-0.05, 0) is 32.4 Å². The van der Waals surface area contributed by atoms with Crippen molar-refractivity contribution in [2.75, 3.05) is 7.05 Å². The SMILES string of the molecule is CNC(CCc1ccccc1)c1cnc(C)cn1. The van der Waals surface area contributed by atoms with Crippen molar-refractivity contribution >= 4 is 0 Å². The fourth-order valence-electron chi connectivity index (χ4n) is 1.98. The Hall–Kier alpha value is -1.74. The number of nitrogens with zero attached hydrogens (tertiary/aromatic N) is 2. The molecule has 0 saturated heterocycles. The van der Waals surface area contributed by atoms with Crippen molar-refractivity contribution in [3.05, 3.63) is 59.7 Å². The standard InChI is InChI=1S/C15H19N3/c1-12-10-18-15(11-17-12)14(16-2)9-8-13-6-4-3-5-7-13/h3-7,10-11,14,16H,8-9H2,1-2H3. The quantitative estimate of drug-likeness (QED) is 0.874. The normalized spacial score (nSPS) is 12.3. The average molecular weight is 241 g/mol. The molecule has 3 heteroatoms. The van der Waals surface area contributed by atoms with Crippen molar-refractivity contribution in [3.63, 3.8) is 0 Å². The third-order valence-electron chi connectivity index (χ3n) is 3.07. The second-order valence-corrected chi connectivity index (χ2v) is 4.45. The van der Waals surface area contributed by atoms with E-state index in [1.54, 1.807) is 0 Å². The van der Waals surface area contributed by atoms with E-state index in [0.29, 0.717) is 0 Å². The molecule has 1 atom stereocenters. The van der Waals surface area contributed by atoms with Crippen LogP contribution in [0.1, 0.15) is 29.4 Å². The number of benzene rings is 1. The predicted molar refractivity (Wildman–Crippen MR) is 73.3 cm³/mol. The molecule has 0 amide bonds. The first-order valence-corrected chi connectivity index (χ1v) is 6.29. The van der Waals surface area contributed by atoms with E-state index in [4.69, 9.17) is 0 Å². The summed E-state index contributed by atoms with van der Waals surface area (Å²) >= 11 is 0. The fourth-order valence-corrected chi connectivity index (χ4v) is 1.98. The van der Waals surface area contributed by atoms with Gasteiger partial charge < -0.3 is 5.32 Å². The second kappa shape index (κ2) is 6.26. The van der Waals surface area contributed by atoms with Gasteiger partial charge in [0.2, 0.25) is 0 Å². The molecule has 0 aliphatic rings. The van der Waals surface area contributed by atoms with Crippen LogP contribution in [0.3, 0.4) is 0 Å². The van der Waals surface area contributed by atoms with Gasteiger partial charge in [0.25, 0.3) is 0 Å². The highest BCUT2D eigenvalue weighted by atomic mass is 14.9. The van der Waals surface area contributed by atoms with Gasteiger partial charge in [-0.25, -0.2) is 0 Å². The Morgan fingerprint density at radius 3 is 2.50 bits per heavy atom. The van der Waals surface area contributed by atoms with E-state index in [9.17, 15) is 0 Å². The third-order valence-corrected chi connectivity index (χ3v) is 3.07. The Kier molecular flexibility index (Phi) is 4.42. The van der Waals surface area contributed by atoms with Crippen LogP contribution in [0, 0.1) is 6.92 Å². The number of hydrogen-bond acceptors (Lipinski definition) is 3. The first-order chi connectivity index (χ1) is 8.79. The van der Waals surface area contributed by atoms with E-state index in [-0.39, 0.29) is 6.04 Å². The molecule has 0 aliphatic heterocycles. The molecule has 1 aromatic heterocycles. The monoisotopic (exact) mass is 241 g/mol. The number of nitrogens with one attached hydrogen (secondary N) is 1. The average Bonchev–Trinajstić information content (AvgIpc) is 2.42. The molecule has 94 valence electrons. The van der Waals surface area contributed by atoms with Crippen LogP contribution < -0.4 is 5.32 Å². The molecular weight excluding hydrogens is 222 g/mol. The van der Waals surface area contributed by atoms with Gasteiger partial charge in [-0.1, -0.05) is 30.3 Å². The Morgan fingerprint density at radius 1 is 1.11 bits per heavy atom. The fraction of sp³-hybridized carbons (Fsp3) is 0.333. The number of rotatable bonds is 5. The molecule has 2 rings (SSSR count). The van der Waals surface area contributed by atoms with E-state index < -0.39 is 0 Å². The lowest BCUT2D eigenvalue weighted by molar-refractivity contribution is 0.533. The van der Waals surface area contributed by atoms with Crippen LogP contribution in [0.15, 0.2) is 42.7 Å². The van der Waals surface area contributed by atoms with Crippen molar-refractivity contribution in [1.82, 2.24) is 15.3 Å². The lowest BCUT2D eigenvalue weighted by atomic mass is 10.0. The van der Waals surface area contributed by atoms with Crippen LogP contribution in [0.4, 0.5) is 0 Å². The molecule has 1 aromatic carbocycles. The highest BCUT2D eigenvalue weighted by Crippen LogP contribution is 2.16. The number of hydrogen-bond donors (Lipinski definition) is 1. The molecule has 0 radical (unpaired) electrons. The van der Waals surface area contributed by atoms with Crippen molar-refractivity contribution in [1.29, 1.82) is 0 Å². The minimum atomic E-state index is 0.262. The van der Waals surface area contributed by atoms with Crippen molar-refractivity contribution in [3.8, 4) is 0 Å². The minimum absolute atomic E-state index is 0.262. The molecule has 0 spiro atoms. The van der Waals surface area contributed by atoms with Crippen LogP contribution in [0.25, 0.3) is 0 Å². The number of aromatic nitrogens is 2. The summed E-state index contributed by atoms with van der Waals surface area (Å²) in [6, 6.07) is 10.8. The van der Waals surface area contributed by atoms with E-state index >= 15 is 0 Å². The zero-order valence-corrected chi connectivity index (χ0v) is 10.9. The van der Waals surface area contributed by atoms with Crippen molar-refractivity contribution in [2.24, 2.45) is 0 Å². The Morgan fingerprint density at radius 2 is 1.89 bits per heavy atom. The molecule has 0 fully saturated rings. The smallest absolute Gasteiger partial charge is 0.0756 e. The summed E-state index contributed by atoms with van der Waals surface area (Å²) < 4.78 is 0. The van der Waals surface area contributed by atoms with E-state index in [0.717, 1.165) is 24.2 Å². The summed E-state index contributed by atoms with van der Waals surface area (Å²) in [5.41, 5.74) is 3.33. The molecule has 0 aliphatic carbocycles. The van der Waals surface area contributed by atoms with E-state index in [2.05, 4.69) is 39.6 Å². The highest BCUT2D eigenvalue weighted by Gasteiger charge is 2.10. The predicted octanol–water partition coefficient (Wildman–Crippen LogP) is 2.68. The first kappa shape index (κ1) is 12.7. The van der Waals surface area contributed by atoms with Crippen LogP contribution >= 0.6 is 0 Å². The molecule has 1 heterocycles. The van der Waals surface area contributed by atoms with E-state index in [1.165, 1.54) is 5.56 Å². The Bertz CT molecular complexity index is 465. The maximum Gasteiger partial charge on any atom is 0.0756 e. The summed E-state index contributed by atoms with van der Waals surface area (Å²) in [6.45, 7) is 1.95. The Labute approximate surface area is 108 Å². The van der Waals surface area contributed by atoms with Gasteiger partial charge in [0.15, 0.2) is 0 Å². The van der Waals surface area contributed by atoms with E-state index in [1.807, 2.05) is 32.4 Å². The molecule has 3 nitrogen and oxygen atoms in total. The summed E-state index contributed by atoms with van der Waals surface area (Å²) in [5, 5.41) is 3.31. The maximum absolute atomic E-state index is 4.44. The van der Waals surface area contributed by atoms with Crippen molar-refractivity contribution < 1.29 is 0 Å². The largest absolute Gasteiger partial charge is 0.312 e. The maximum atomic E-state index is 4.44. The molecule has 2 aromatic rings. The molecular formula is C15H19N3. The molecule has 0 saturated carbocycles. The summed E-state index contributed by atoms with van der Waals surface area (Å²) in [7, 11) is 1.97. The second-order valence-electron chi connectivity index (χ2n) is 4.45. The lowest BCUT2D eigenvalue weighted by Crippen LogP contribution is -2.18. The van der Waals surface area contributed by atoms with Gasteiger partial charge in [-0.15, -0.1) is 0 Å². The molecule has 0 bridgehead atoms. The van der Waals surface area contributed by atoms with Gasteiger partial charge in [0.05, 0.1) is 23.6 Å². The van der Waals surface area contributed by atoms with Gasteiger partial charge in [0.1, 0.15) is 0 Å². The summed E-state index contributed by atoms with van der Waals surface area (Å²) in [4.78, 5) is 8.74. The third kappa shape index (κ3) is 3.37. The molecule has 1 N–H and O–H groups in total. The zero-order chi connectivity index (χ0) is 12.8. The lowest BCUT2D eigenvalue weighted by Gasteiger charge is -2.15.